The lowest BCUT2D eigenvalue weighted by molar-refractivity contribution is 0.0998. The van der Waals surface area contributed by atoms with E-state index in [0.717, 1.165) is 23.9 Å². The molecule has 2 nitrogen and oxygen atoms in total. The van der Waals surface area contributed by atoms with Crippen molar-refractivity contribution < 1.29 is 4.74 Å². The summed E-state index contributed by atoms with van der Waals surface area (Å²) in [5, 5.41) is 6.03. The molecule has 2 aromatic carbocycles. The maximum atomic E-state index is 5.73. The second kappa shape index (κ2) is 6.91. The zero-order valence-corrected chi connectivity index (χ0v) is 14.0. The maximum absolute atomic E-state index is 5.73. The molecule has 0 amide bonds. The lowest BCUT2D eigenvalue weighted by Crippen LogP contribution is -2.18. The van der Waals surface area contributed by atoms with Crippen molar-refractivity contribution in [2.24, 2.45) is 0 Å². The summed E-state index contributed by atoms with van der Waals surface area (Å²) in [5.74, 6) is 0. The molecule has 0 bridgehead atoms. The van der Waals surface area contributed by atoms with Gasteiger partial charge in [-0.1, -0.05) is 34.1 Å². The van der Waals surface area contributed by atoms with Crippen LogP contribution in [0.25, 0.3) is 10.8 Å². The molecule has 0 spiro atoms. The summed E-state index contributed by atoms with van der Waals surface area (Å²) in [4.78, 5) is 0. The Hall–Kier alpha value is -0.900. The molecule has 1 aliphatic heterocycles. The Bertz CT molecular complexity index is 607. The summed E-state index contributed by atoms with van der Waals surface area (Å²) >= 11 is 3.53. The van der Waals surface area contributed by atoms with Crippen LogP contribution in [0.15, 0.2) is 40.9 Å². The summed E-state index contributed by atoms with van der Waals surface area (Å²) in [7, 11) is 2.05. The molecule has 112 valence electrons. The molecule has 2 atom stereocenters. The zero-order chi connectivity index (χ0) is 14.7. The Labute approximate surface area is 135 Å². The number of fused-ring (bicyclic) bond motifs is 1. The third-order valence-corrected chi connectivity index (χ3v) is 4.87. The van der Waals surface area contributed by atoms with Crippen molar-refractivity contribution in [2.75, 3.05) is 13.7 Å². The summed E-state index contributed by atoms with van der Waals surface area (Å²) in [6.45, 7) is 0.944. The highest BCUT2D eigenvalue weighted by atomic mass is 79.9. The van der Waals surface area contributed by atoms with E-state index in [2.05, 4.69) is 57.6 Å². The van der Waals surface area contributed by atoms with Gasteiger partial charge in [0.25, 0.3) is 0 Å². The van der Waals surface area contributed by atoms with Crippen LogP contribution in [0.1, 0.15) is 37.3 Å². The topological polar surface area (TPSA) is 21.3 Å². The normalized spacial score (nSPS) is 20.0. The van der Waals surface area contributed by atoms with Crippen molar-refractivity contribution >= 4 is 26.7 Å². The average molecular weight is 348 g/mol. The molecular formula is C18H22BrNO. The first-order valence-electron chi connectivity index (χ1n) is 7.74. The number of hydrogen-bond acceptors (Lipinski definition) is 2. The highest BCUT2D eigenvalue weighted by molar-refractivity contribution is 9.10. The third kappa shape index (κ3) is 3.65. The summed E-state index contributed by atoms with van der Waals surface area (Å²) in [6.07, 6.45) is 5.19. The predicted molar refractivity (Wildman–Crippen MR) is 91.7 cm³/mol. The Morgan fingerprint density at radius 2 is 2.05 bits per heavy atom. The molecule has 1 N–H and O–H groups in total. The van der Waals surface area contributed by atoms with Gasteiger partial charge in [-0.25, -0.2) is 0 Å². The lowest BCUT2D eigenvalue weighted by Gasteiger charge is -2.19. The van der Waals surface area contributed by atoms with Crippen molar-refractivity contribution in [3.63, 3.8) is 0 Å². The van der Waals surface area contributed by atoms with Crippen molar-refractivity contribution in [3.8, 4) is 0 Å². The van der Waals surface area contributed by atoms with Crippen LogP contribution < -0.4 is 5.32 Å². The zero-order valence-electron chi connectivity index (χ0n) is 12.4. The molecule has 3 rings (SSSR count). The first-order chi connectivity index (χ1) is 10.3. The summed E-state index contributed by atoms with van der Waals surface area (Å²) < 4.78 is 6.86. The van der Waals surface area contributed by atoms with Gasteiger partial charge in [-0.3, -0.25) is 0 Å². The van der Waals surface area contributed by atoms with Gasteiger partial charge in [0.15, 0.2) is 0 Å². The summed E-state index contributed by atoms with van der Waals surface area (Å²) in [5.41, 5.74) is 1.37. The monoisotopic (exact) mass is 347 g/mol. The van der Waals surface area contributed by atoms with E-state index in [1.807, 2.05) is 7.05 Å². The standard InChI is InChI=1S/C18H22BrNO/c1-20-18(9-8-17-3-2-10-21-17)15-5-4-14-12-16(19)7-6-13(14)11-15/h4-7,11-12,17-18,20H,2-3,8-10H2,1H3. The van der Waals surface area contributed by atoms with Gasteiger partial charge in [-0.05, 0) is 67.3 Å². The fraction of sp³-hybridized carbons (Fsp3) is 0.444. The molecular weight excluding hydrogens is 326 g/mol. The number of rotatable bonds is 5. The smallest absolute Gasteiger partial charge is 0.0576 e. The average Bonchev–Trinajstić information content (AvgIpc) is 3.01. The largest absolute Gasteiger partial charge is 0.378 e. The first kappa shape index (κ1) is 15.0. The van der Waals surface area contributed by atoms with Crippen molar-refractivity contribution in [2.45, 2.75) is 37.8 Å². The highest BCUT2D eigenvalue weighted by Crippen LogP contribution is 2.27. The quantitative estimate of drug-likeness (QED) is 0.836. The van der Waals surface area contributed by atoms with Crippen LogP contribution in [-0.4, -0.2) is 19.8 Å². The second-order valence-electron chi connectivity index (χ2n) is 5.80. The van der Waals surface area contributed by atoms with E-state index >= 15 is 0 Å². The Balaban J connectivity index is 1.74. The fourth-order valence-electron chi connectivity index (χ4n) is 3.15. The fourth-order valence-corrected chi connectivity index (χ4v) is 3.53. The van der Waals surface area contributed by atoms with Crippen molar-refractivity contribution in [3.05, 3.63) is 46.4 Å². The molecule has 1 heterocycles. The van der Waals surface area contributed by atoms with Crippen molar-refractivity contribution in [1.82, 2.24) is 5.32 Å². The number of ether oxygens (including phenoxy) is 1. The molecule has 21 heavy (non-hydrogen) atoms. The van der Waals surface area contributed by atoms with Gasteiger partial charge in [0.2, 0.25) is 0 Å². The minimum Gasteiger partial charge on any atom is -0.378 e. The van der Waals surface area contributed by atoms with E-state index < -0.39 is 0 Å². The second-order valence-corrected chi connectivity index (χ2v) is 6.72. The molecule has 1 saturated heterocycles. The molecule has 1 aliphatic rings. The number of halogens is 1. The minimum absolute atomic E-state index is 0.405. The van der Waals surface area contributed by atoms with Crippen LogP contribution in [0.3, 0.4) is 0 Å². The molecule has 3 heteroatoms. The van der Waals surface area contributed by atoms with E-state index in [1.54, 1.807) is 0 Å². The van der Waals surface area contributed by atoms with Crippen LogP contribution >= 0.6 is 15.9 Å². The number of hydrogen-bond donors (Lipinski definition) is 1. The molecule has 1 fully saturated rings. The number of benzene rings is 2. The van der Waals surface area contributed by atoms with Crippen LogP contribution in [-0.2, 0) is 4.74 Å². The van der Waals surface area contributed by atoms with E-state index in [1.165, 1.54) is 29.2 Å². The molecule has 0 radical (unpaired) electrons. The van der Waals surface area contributed by atoms with E-state index in [-0.39, 0.29) is 0 Å². The maximum Gasteiger partial charge on any atom is 0.0576 e. The van der Waals surface area contributed by atoms with E-state index in [9.17, 15) is 0 Å². The minimum atomic E-state index is 0.405. The van der Waals surface area contributed by atoms with Gasteiger partial charge in [0.05, 0.1) is 6.10 Å². The molecule has 0 saturated carbocycles. The van der Waals surface area contributed by atoms with Gasteiger partial charge < -0.3 is 10.1 Å². The van der Waals surface area contributed by atoms with Crippen LogP contribution in [0.2, 0.25) is 0 Å². The Kier molecular flexibility index (Phi) is 4.94. The van der Waals surface area contributed by atoms with Gasteiger partial charge in [0, 0.05) is 17.1 Å². The molecule has 0 aromatic heterocycles. The SMILES string of the molecule is CNC(CCC1CCCO1)c1ccc2cc(Br)ccc2c1. The van der Waals surface area contributed by atoms with Crippen LogP contribution in [0.4, 0.5) is 0 Å². The predicted octanol–water partition coefficient (Wildman–Crippen LogP) is 4.82. The van der Waals surface area contributed by atoms with Gasteiger partial charge >= 0.3 is 0 Å². The molecule has 2 unspecified atom stereocenters. The van der Waals surface area contributed by atoms with E-state index in [4.69, 9.17) is 4.74 Å². The highest BCUT2D eigenvalue weighted by Gasteiger charge is 2.18. The lowest BCUT2D eigenvalue weighted by atomic mass is 9.97. The molecule has 0 aliphatic carbocycles. The van der Waals surface area contributed by atoms with Crippen molar-refractivity contribution in [1.29, 1.82) is 0 Å². The van der Waals surface area contributed by atoms with Crippen LogP contribution in [0.5, 0.6) is 0 Å². The third-order valence-electron chi connectivity index (χ3n) is 4.38. The first-order valence-corrected chi connectivity index (χ1v) is 8.53. The van der Waals surface area contributed by atoms with Gasteiger partial charge in [-0.2, -0.15) is 0 Å². The van der Waals surface area contributed by atoms with E-state index in [0.29, 0.717) is 12.1 Å². The molecule has 2 aromatic rings. The van der Waals surface area contributed by atoms with Gasteiger partial charge in [-0.15, -0.1) is 0 Å². The van der Waals surface area contributed by atoms with Crippen LogP contribution in [0, 0.1) is 0 Å². The summed E-state index contributed by atoms with van der Waals surface area (Å²) in [6, 6.07) is 13.6. The van der Waals surface area contributed by atoms with Gasteiger partial charge in [0.1, 0.15) is 0 Å². The Morgan fingerprint density at radius 3 is 2.81 bits per heavy atom. The number of nitrogens with one attached hydrogen (secondary N) is 1. The Morgan fingerprint density at radius 1 is 1.24 bits per heavy atom.